The Balaban J connectivity index is 1.85. The molecule has 0 fully saturated rings. The molecule has 2 heterocycles. The molecular formula is C17H8Cl2N4O3S. The van der Waals surface area contributed by atoms with Crippen LogP contribution >= 0.6 is 34.5 Å². The molecule has 4 aromatic rings. The molecule has 0 atom stereocenters. The molecule has 0 saturated carbocycles. The summed E-state index contributed by atoms with van der Waals surface area (Å²) < 4.78 is 1.46. The highest BCUT2D eigenvalue weighted by Crippen LogP contribution is 2.28. The van der Waals surface area contributed by atoms with Gasteiger partial charge in [0, 0.05) is 16.7 Å². The Hall–Kier alpha value is -2.81. The molecule has 10 heteroatoms. The third-order valence-corrected chi connectivity index (χ3v) is 5.28. The highest BCUT2D eigenvalue weighted by atomic mass is 35.5. The SMILES string of the molecule is O=c1c(=Cc2ccccc2[N+](=O)[O-])sc2nc(-c3ccc(Cl)cc3Cl)nn12. The van der Waals surface area contributed by atoms with Crippen LogP contribution in [0.5, 0.6) is 0 Å². The van der Waals surface area contributed by atoms with Gasteiger partial charge in [-0.3, -0.25) is 14.9 Å². The second-order valence-electron chi connectivity index (χ2n) is 5.49. The fourth-order valence-electron chi connectivity index (χ4n) is 2.54. The van der Waals surface area contributed by atoms with Crippen molar-refractivity contribution in [1.82, 2.24) is 14.6 Å². The maximum atomic E-state index is 12.6. The van der Waals surface area contributed by atoms with Crippen molar-refractivity contribution in [3.8, 4) is 11.4 Å². The molecule has 0 bridgehead atoms. The van der Waals surface area contributed by atoms with E-state index in [2.05, 4.69) is 10.1 Å². The average molecular weight is 419 g/mol. The number of thiazole rings is 1. The summed E-state index contributed by atoms with van der Waals surface area (Å²) in [5, 5.41) is 16.2. The standard InChI is InChI=1S/C17H8Cl2N4O3S/c18-10-5-6-11(12(19)8-10)15-20-17-22(21-15)16(24)14(27-17)7-9-3-1-2-4-13(9)23(25)26/h1-8H. The van der Waals surface area contributed by atoms with Crippen molar-refractivity contribution >= 4 is 51.3 Å². The summed E-state index contributed by atoms with van der Waals surface area (Å²) in [4.78, 5) is 28.0. The first kappa shape index (κ1) is 17.6. The summed E-state index contributed by atoms with van der Waals surface area (Å²) in [6, 6.07) is 11.1. The summed E-state index contributed by atoms with van der Waals surface area (Å²) in [6.07, 6.45) is 1.47. The molecule has 0 aliphatic heterocycles. The first-order valence-corrected chi connectivity index (χ1v) is 9.11. The van der Waals surface area contributed by atoms with Crippen molar-refractivity contribution in [3.63, 3.8) is 0 Å². The van der Waals surface area contributed by atoms with E-state index in [1.807, 2.05) is 0 Å². The van der Waals surface area contributed by atoms with Crippen molar-refractivity contribution in [1.29, 1.82) is 0 Å². The number of rotatable bonds is 3. The minimum absolute atomic E-state index is 0.0791. The molecule has 2 aromatic heterocycles. The van der Waals surface area contributed by atoms with Crippen molar-refractivity contribution in [2.75, 3.05) is 0 Å². The Bertz CT molecular complexity index is 1320. The lowest BCUT2D eigenvalue weighted by Crippen LogP contribution is -2.23. The van der Waals surface area contributed by atoms with Crippen LogP contribution in [0.15, 0.2) is 47.3 Å². The molecule has 2 aromatic carbocycles. The third-order valence-electron chi connectivity index (χ3n) is 3.77. The van der Waals surface area contributed by atoms with Crippen molar-refractivity contribution < 1.29 is 4.92 Å². The Labute approximate surface area is 165 Å². The zero-order valence-electron chi connectivity index (χ0n) is 13.3. The molecule has 0 unspecified atom stereocenters. The van der Waals surface area contributed by atoms with E-state index in [9.17, 15) is 14.9 Å². The number of fused-ring (bicyclic) bond motifs is 1. The van der Waals surface area contributed by atoms with Crippen LogP contribution in [-0.2, 0) is 0 Å². The van der Waals surface area contributed by atoms with Gasteiger partial charge in [0.05, 0.1) is 20.0 Å². The lowest BCUT2D eigenvalue weighted by Gasteiger charge is -1.99. The fraction of sp³-hybridized carbons (Fsp3) is 0. The van der Waals surface area contributed by atoms with Gasteiger partial charge in [-0.25, -0.2) is 0 Å². The quantitative estimate of drug-likeness (QED) is 0.374. The zero-order valence-corrected chi connectivity index (χ0v) is 15.6. The minimum Gasteiger partial charge on any atom is -0.266 e. The first-order chi connectivity index (χ1) is 12.9. The van der Waals surface area contributed by atoms with Crippen LogP contribution in [0.25, 0.3) is 22.4 Å². The van der Waals surface area contributed by atoms with E-state index in [-0.39, 0.29) is 5.69 Å². The van der Waals surface area contributed by atoms with E-state index >= 15 is 0 Å². The third kappa shape index (κ3) is 3.18. The summed E-state index contributed by atoms with van der Waals surface area (Å²) in [7, 11) is 0. The summed E-state index contributed by atoms with van der Waals surface area (Å²) in [5.74, 6) is 0.303. The van der Waals surface area contributed by atoms with Gasteiger partial charge >= 0.3 is 0 Å². The number of hydrogen-bond acceptors (Lipinski definition) is 6. The summed E-state index contributed by atoms with van der Waals surface area (Å²) in [5.41, 5.74) is 0.409. The minimum atomic E-state index is -0.492. The van der Waals surface area contributed by atoms with Gasteiger partial charge < -0.3 is 0 Å². The Morgan fingerprint density at radius 3 is 2.67 bits per heavy atom. The second-order valence-corrected chi connectivity index (χ2v) is 7.34. The molecule has 0 N–H and O–H groups in total. The van der Waals surface area contributed by atoms with E-state index in [1.165, 1.54) is 12.1 Å². The average Bonchev–Trinajstić information content (AvgIpc) is 3.15. The number of hydrogen-bond donors (Lipinski definition) is 0. The van der Waals surface area contributed by atoms with Crippen LogP contribution in [0.1, 0.15) is 5.56 Å². The zero-order chi connectivity index (χ0) is 19.1. The van der Waals surface area contributed by atoms with Gasteiger partial charge in [-0.15, -0.1) is 5.10 Å². The Morgan fingerprint density at radius 2 is 1.96 bits per heavy atom. The van der Waals surface area contributed by atoms with Crippen LogP contribution in [0, 0.1) is 10.1 Å². The van der Waals surface area contributed by atoms with Gasteiger partial charge in [0.2, 0.25) is 4.96 Å². The lowest BCUT2D eigenvalue weighted by atomic mass is 10.2. The van der Waals surface area contributed by atoms with Crippen molar-refractivity contribution in [2.45, 2.75) is 0 Å². The van der Waals surface area contributed by atoms with Crippen LogP contribution in [0.3, 0.4) is 0 Å². The van der Waals surface area contributed by atoms with Gasteiger partial charge in [-0.1, -0.05) is 46.7 Å². The molecule has 0 aliphatic carbocycles. The first-order valence-electron chi connectivity index (χ1n) is 7.54. The predicted octanol–water partition coefficient (Wildman–Crippen LogP) is 3.58. The predicted molar refractivity (Wildman–Crippen MR) is 104 cm³/mol. The Morgan fingerprint density at radius 1 is 1.19 bits per heavy atom. The summed E-state index contributed by atoms with van der Waals surface area (Å²) >= 11 is 13.1. The van der Waals surface area contributed by atoms with E-state index in [4.69, 9.17) is 23.2 Å². The van der Waals surface area contributed by atoms with E-state index in [0.29, 0.717) is 36.5 Å². The van der Waals surface area contributed by atoms with E-state index in [1.54, 1.807) is 36.4 Å². The molecule has 0 amide bonds. The number of benzene rings is 2. The van der Waals surface area contributed by atoms with Gasteiger partial charge in [-0.05, 0) is 30.3 Å². The number of nitro benzene ring substituents is 1. The van der Waals surface area contributed by atoms with Gasteiger partial charge in [0.25, 0.3) is 11.2 Å². The smallest absolute Gasteiger partial charge is 0.266 e. The van der Waals surface area contributed by atoms with Crippen molar-refractivity contribution in [3.05, 3.63) is 83.1 Å². The molecule has 27 heavy (non-hydrogen) atoms. The molecule has 7 nitrogen and oxygen atoms in total. The van der Waals surface area contributed by atoms with Crippen LogP contribution < -0.4 is 10.1 Å². The molecule has 0 radical (unpaired) electrons. The van der Waals surface area contributed by atoms with Crippen molar-refractivity contribution in [2.24, 2.45) is 0 Å². The molecule has 4 rings (SSSR count). The van der Waals surface area contributed by atoms with Crippen LogP contribution in [0.4, 0.5) is 5.69 Å². The maximum absolute atomic E-state index is 12.6. The van der Waals surface area contributed by atoms with Gasteiger partial charge in [-0.2, -0.15) is 9.50 Å². The monoisotopic (exact) mass is 418 g/mol. The highest BCUT2D eigenvalue weighted by Gasteiger charge is 2.16. The van der Waals surface area contributed by atoms with Gasteiger partial charge in [0.15, 0.2) is 5.82 Å². The number of halogens is 2. The van der Waals surface area contributed by atoms with Gasteiger partial charge in [0.1, 0.15) is 0 Å². The normalized spacial score (nSPS) is 12.0. The van der Waals surface area contributed by atoms with Crippen LogP contribution in [0.2, 0.25) is 10.0 Å². The van der Waals surface area contributed by atoms with E-state index < -0.39 is 10.5 Å². The second kappa shape index (κ2) is 6.73. The Kier molecular flexibility index (Phi) is 4.39. The van der Waals surface area contributed by atoms with E-state index in [0.717, 1.165) is 15.9 Å². The molecular weight excluding hydrogens is 411 g/mol. The fourth-order valence-corrected chi connectivity index (χ4v) is 3.93. The molecule has 0 aliphatic rings. The molecule has 0 saturated heterocycles. The lowest BCUT2D eigenvalue weighted by molar-refractivity contribution is -0.385. The largest absolute Gasteiger partial charge is 0.291 e. The van der Waals surface area contributed by atoms with Crippen LogP contribution in [-0.4, -0.2) is 19.5 Å². The number of nitrogens with zero attached hydrogens (tertiary/aromatic N) is 4. The number of para-hydroxylation sites is 1. The number of aromatic nitrogens is 3. The molecule has 134 valence electrons. The maximum Gasteiger partial charge on any atom is 0.291 e. The number of nitro groups is 1. The highest BCUT2D eigenvalue weighted by molar-refractivity contribution is 7.15. The molecule has 0 spiro atoms. The summed E-state index contributed by atoms with van der Waals surface area (Å²) in [6.45, 7) is 0. The topological polar surface area (TPSA) is 90.4 Å².